The summed E-state index contributed by atoms with van der Waals surface area (Å²) in [4.78, 5) is 46.2. The van der Waals surface area contributed by atoms with Gasteiger partial charge in [0.15, 0.2) is 0 Å². The second kappa shape index (κ2) is 11.4. The lowest BCUT2D eigenvalue weighted by atomic mass is 10.0. The van der Waals surface area contributed by atoms with Gasteiger partial charge in [0, 0.05) is 25.2 Å². The van der Waals surface area contributed by atoms with Gasteiger partial charge >= 0.3 is 6.18 Å². The summed E-state index contributed by atoms with van der Waals surface area (Å²) >= 11 is 6.20. The molecule has 3 amide bonds. The van der Waals surface area contributed by atoms with Crippen LogP contribution in [-0.2, 0) is 22.3 Å². The fourth-order valence-corrected chi connectivity index (χ4v) is 4.48. The highest BCUT2D eigenvalue weighted by atomic mass is 35.5. The SMILES string of the molecule is CN1C(=O)[C@H](NC(=O)C(C)(C)NC(=O)c2ccc(F)cn2)CN(Cc2ccc(C(F)(F)F)cc2)c2ccc(Cl)cc21. The molecule has 0 bridgehead atoms. The average molecular weight is 592 g/mol. The number of rotatable bonds is 6. The maximum atomic E-state index is 13.5. The number of nitrogens with one attached hydrogen (secondary N) is 2. The van der Waals surface area contributed by atoms with Gasteiger partial charge in [-0.05, 0) is 61.9 Å². The zero-order valence-electron chi connectivity index (χ0n) is 22.2. The molecule has 2 N–H and O–H groups in total. The molecule has 0 saturated carbocycles. The number of nitrogens with zero attached hydrogens (tertiary/aromatic N) is 3. The van der Waals surface area contributed by atoms with Crippen LogP contribution in [0.3, 0.4) is 0 Å². The number of amides is 3. The third-order valence-corrected chi connectivity index (χ3v) is 6.82. The summed E-state index contributed by atoms with van der Waals surface area (Å²) in [5.74, 6) is -2.50. The first-order valence-corrected chi connectivity index (χ1v) is 12.8. The van der Waals surface area contributed by atoms with Crippen molar-refractivity contribution in [2.45, 2.75) is 38.1 Å². The van der Waals surface area contributed by atoms with E-state index in [2.05, 4.69) is 15.6 Å². The minimum Gasteiger partial charge on any atom is -0.363 e. The molecule has 4 rings (SSSR count). The van der Waals surface area contributed by atoms with Crippen LogP contribution in [0, 0.1) is 5.82 Å². The normalized spacial score (nSPS) is 15.7. The summed E-state index contributed by atoms with van der Waals surface area (Å²) in [5, 5.41) is 5.58. The molecule has 13 heteroatoms. The smallest absolute Gasteiger partial charge is 0.363 e. The summed E-state index contributed by atoms with van der Waals surface area (Å²) in [6.07, 6.45) is -3.61. The van der Waals surface area contributed by atoms with Crippen LogP contribution in [0.2, 0.25) is 5.02 Å². The molecule has 2 aromatic carbocycles. The Kier molecular flexibility index (Phi) is 8.25. The second-order valence-corrected chi connectivity index (χ2v) is 10.5. The van der Waals surface area contributed by atoms with Crippen LogP contribution in [0.5, 0.6) is 0 Å². The minimum absolute atomic E-state index is 0.0336. The third kappa shape index (κ3) is 6.76. The Morgan fingerprint density at radius 3 is 2.34 bits per heavy atom. The van der Waals surface area contributed by atoms with E-state index < -0.39 is 46.9 Å². The van der Waals surface area contributed by atoms with E-state index in [1.54, 1.807) is 23.1 Å². The molecule has 3 aromatic rings. The van der Waals surface area contributed by atoms with Gasteiger partial charge in [-0.25, -0.2) is 9.37 Å². The Balaban J connectivity index is 1.58. The Labute approximate surface area is 238 Å². The summed E-state index contributed by atoms with van der Waals surface area (Å²) in [7, 11) is 1.52. The Morgan fingerprint density at radius 1 is 1.05 bits per heavy atom. The minimum atomic E-state index is -4.48. The molecule has 0 spiro atoms. The quantitative estimate of drug-likeness (QED) is 0.410. The standard InChI is InChI=1S/C28H26ClF4N5O3/c1-27(2,36-24(39)20-10-9-19(30)13-34-20)26(41)35-21-15-38(14-16-4-6-17(7-5-16)28(31,32)33)22-11-8-18(29)12-23(22)37(3)25(21)40/h4-13,21H,14-15H2,1-3H3,(H,35,41)(H,36,39)/t21-/m1/s1. The topological polar surface area (TPSA) is 94.6 Å². The number of pyridine rings is 1. The molecule has 1 aliphatic heterocycles. The summed E-state index contributed by atoms with van der Waals surface area (Å²) in [6, 6.07) is 10.7. The van der Waals surface area contributed by atoms with Crippen molar-refractivity contribution in [1.82, 2.24) is 15.6 Å². The van der Waals surface area contributed by atoms with Crippen molar-refractivity contribution >= 4 is 40.7 Å². The van der Waals surface area contributed by atoms with Gasteiger partial charge in [0.05, 0.1) is 23.1 Å². The van der Waals surface area contributed by atoms with Crippen LogP contribution >= 0.6 is 11.6 Å². The number of carbonyl (C=O) groups excluding carboxylic acids is 3. The number of anilines is 2. The van der Waals surface area contributed by atoms with Crippen molar-refractivity contribution in [2.24, 2.45) is 0 Å². The predicted octanol–water partition coefficient (Wildman–Crippen LogP) is 4.57. The van der Waals surface area contributed by atoms with Gasteiger partial charge in [-0.2, -0.15) is 13.2 Å². The molecule has 0 fully saturated rings. The highest BCUT2D eigenvalue weighted by Crippen LogP contribution is 2.36. The number of alkyl halides is 3. The van der Waals surface area contributed by atoms with E-state index in [-0.39, 0.29) is 18.8 Å². The highest BCUT2D eigenvalue weighted by molar-refractivity contribution is 6.31. The lowest BCUT2D eigenvalue weighted by Crippen LogP contribution is -2.60. The predicted molar refractivity (Wildman–Crippen MR) is 145 cm³/mol. The van der Waals surface area contributed by atoms with Gasteiger partial charge < -0.3 is 20.4 Å². The van der Waals surface area contributed by atoms with E-state index in [1.165, 1.54) is 44.0 Å². The zero-order valence-corrected chi connectivity index (χ0v) is 23.0. The van der Waals surface area contributed by atoms with E-state index in [1.807, 2.05) is 0 Å². The van der Waals surface area contributed by atoms with Crippen LogP contribution in [0.4, 0.5) is 28.9 Å². The van der Waals surface area contributed by atoms with E-state index in [4.69, 9.17) is 11.6 Å². The molecule has 1 aliphatic rings. The van der Waals surface area contributed by atoms with Gasteiger partial charge in [-0.15, -0.1) is 0 Å². The molecule has 216 valence electrons. The van der Waals surface area contributed by atoms with Crippen LogP contribution < -0.4 is 20.4 Å². The van der Waals surface area contributed by atoms with Crippen molar-refractivity contribution in [3.05, 3.63) is 88.5 Å². The van der Waals surface area contributed by atoms with E-state index in [0.717, 1.165) is 24.4 Å². The molecule has 0 unspecified atom stereocenters. The molecule has 1 aromatic heterocycles. The van der Waals surface area contributed by atoms with Crippen LogP contribution in [-0.4, -0.2) is 47.9 Å². The molecule has 2 heterocycles. The number of hydrogen-bond acceptors (Lipinski definition) is 5. The largest absolute Gasteiger partial charge is 0.416 e. The summed E-state index contributed by atoms with van der Waals surface area (Å²) < 4.78 is 52.4. The number of hydrogen-bond donors (Lipinski definition) is 2. The third-order valence-electron chi connectivity index (χ3n) is 6.58. The van der Waals surface area contributed by atoms with Crippen molar-refractivity contribution in [2.75, 3.05) is 23.4 Å². The first-order chi connectivity index (χ1) is 19.2. The monoisotopic (exact) mass is 591 g/mol. The average Bonchev–Trinajstić information content (AvgIpc) is 2.99. The Hall–Kier alpha value is -4.19. The fourth-order valence-electron chi connectivity index (χ4n) is 4.31. The number of halogens is 5. The molecule has 0 saturated heterocycles. The molecule has 1 atom stereocenters. The van der Waals surface area contributed by atoms with E-state index in [9.17, 15) is 31.9 Å². The van der Waals surface area contributed by atoms with Gasteiger partial charge in [-0.1, -0.05) is 23.7 Å². The second-order valence-electron chi connectivity index (χ2n) is 10.1. The molecule has 41 heavy (non-hydrogen) atoms. The fraction of sp³-hybridized carbons (Fsp3) is 0.286. The lowest BCUT2D eigenvalue weighted by Gasteiger charge is -2.30. The number of likely N-dealkylation sites (N-methyl/N-ethyl adjacent to an activating group) is 1. The summed E-state index contributed by atoms with van der Waals surface area (Å²) in [6.45, 7) is 2.96. The molecular weight excluding hydrogens is 566 g/mol. The number of carbonyl (C=O) groups is 3. The molecule has 0 aliphatic carbocycles. The van der Waals surface area contributed by atoms with Crippen molar-refractivity contribution in [1.29, 1.82) is 0 Å². The van der Waals surface area contributed by atoms with Crippen LogP contribution in [0.1, 0.15) is 35.5 Å². The van der Waals surface area contributed by atoms with Crippen molar-refractivity contribution in [3.8, 4) is 0 Å². The van der Waals surface area contributed by atoms with Crippen molar-refractivity contribution in [3.63, 3.8) is 0 Å². The van der Waals surface area contributed by atoms with Crippen LogP contribution in [0.15, 0.2) is 60.8 Å². The first-order valence-electron chi connectivity index (χ1n) is 12.4. The first kappa shape index (κ1) is 29.8. The van der Waals surface area contributed by atoms with Crippen LogP contribution in [0.25, 0.3) is 0 Å². The lowest BCUT2D eigenvalue weighted by molar-refractivity contribution is -0.137. The zero-order chi connectivity index (χ0) is 30.1. The van der Waals surface area contributed by atoms with Crippen molar-refractivity contribution < 1.29 is 31.9 Å². The van der Waals surface area contributed by atoms with E-state index >= 15 is 0 Å². The van der Waals surface area contributed by atoms with Gasteiger partial charge in [0.1, 0.15) is 23.1 Å². The Bertz CT molecular complexity index is 1460. The van der Waals surface area contributed by atoms with E-state index in [0.29, 0.717) is 22.0 Å². The Morgan fingerprint density at radius 2 is 1.73 bits per heavy atom. The molecule has 8 nitrogen and oxygen atoms in total. The number of benzene rings is 2. The number of aromatic nitrogens is 1. The maximum Gasteiger partial charge on any atom is 0.416 e. The van der Waals surface area contributed by atoms with Gasteiger partial charge in [0.25, 0.3) is 11.8 Å². The molecular formula is C28H26ClF4N5O3. The van der Waals surface area contributed by atoms with Gasteiger partial charge in [0.2, 0.25) is 5.91 Å². The summed E-state index contributed by atoms with van der Waals surface area (Å²) in [5.41, 5.74) is -0.831. The highest BCUT2D eigenvalue weighted by Gasteiger charge is 2.38. The van der Waals surface area contributed by atoms with Gasteiger partial charge in [-0.3, -0.25) is 14.4 Å². The maximum absolute atomic E-state index is 13.5. The number of fused-ring (bicyclic) bond motifs is 1. The molecule has 0 radical (unpaired) electrons.